The fourth-order valence-electron chi connectivity index (χ4n) is 5.14. The SMILES string of the molecule is CC#Cc1cc(C)c(C2C(=O)CC3(CCN(C(=O)c4nc[nH]n4)CC3)CC2=O)c(C)c1. The van der Waals surface area contributed by atoms with Gasteiger partial charge in [0.2, 0.25) is 5.82 Å². The number of aromatic nitrogens is 3. The number of hydrogen-bond acceptors (Lipinski definition) is 5. The van der Waals surface area contributed by atoms with E-state index in [9.17, 15) is 14.4 Å². The molecule has 0 radical (unpaired) electrons. The van der Waals surface area contributed by atoms with Crippen LogP contribution in [0.25, 0.3) is 0 Å². The van der Waals surface area contributed by atoms with Gasteiger partial charge in [-0.1, -0.05) is 5.92 Å². The average molecular weight is 418 g/mol. The molecular formula is C24H26N4O3. The zero-order valence-electron chi connectivity index (χ0n) is 18.1. The Bertz CT molecular complexity index is 1060. The topological polar surface area (TPSA) is 96.0 Å². The van der Waals surface area contributed by atoms with Crippen molar-refractivity contribution in [3.8, 4) is 11.8 Å². The summed E-state index contributed by atoms with van der Waals surface area (Å²) in [6.07, 6.45) is 3.40. The second kappa shape index (κ2) is 8.10. The third-order valence-electron chi connectivity index (χ3n) is 6.61. The minimum absolute atomic E-state index is 0.00878. The molecule has 2 aromatic rings. The monoisotopic (exact) mass is 418 g/mol. The first-order chi connectivity index (χ1) is 14.8. The first-order valence-corrected chi connectivity index (χ1v) is 10.6. The number of benzene rings is 1. The van der Waals surface area contributed by atoms with Gasteiger partial charge in [0.15, 0.2) is 0 Å². The van der Waals surface area contributed by atoms with Crippen LogP contribution in [0.3, 0.4) is 0 Å². The van der Waals surface area contributed by atoms with Gasteiger partial charge in [-0.3, -0.25) is 19.5 Å². The summed E-state index contributed by atoms with van der Waals surface area (Å²) in [5, 5.41) is 6.41. The van der Waals surface area contributed by atoms with Crippen molar-refractivity contribution in [3.63, 3.8) is 0 Å². The molecule has 1 N–H and O–H groups in total. The van der Waals surface area contributed by atoms with Crippen LogP contribution in [-0.2, 0) is 9.59 Å². The molecule has 1 amide bonds. The molecule has 160 valence electrons. The molecule has 1 aliphatic heterocycles. The third-order valence-corrected chi connectivity index (χ3v) is 6.61. The van der Waals surface area contributed by atoms with Crippen molar-refractivity contribution in [1.82, 2.24) is 20.1 Å². The summed E-state index contributed by atoms with van der Waals surface area (Å²) in [7, 11) is 0. The number of nitrogens with zero attached hydrogens (tertiary/aromatic N) is 3. The Balaban J connectivity index is 1.50. The fourth-order valence-corrected chi connectivity index (χ4v) is 5.14. The molecule has 0 bridgehead atoms. The number of ketones is 2. The van der Waals surface area contributed by atoms with Gasteiger partial charge in [0.1, 0.15) is 23.8 Å². The number of amides is 1. The Morgan fingerprint density at radius 3 is 2.26 bits per heavy atom. The summed E-state index contributed by atoms with van der Waals surface area (Å²) in [6.45, 7) is 6.68. The molecule has 1 aromatic carbocycles. The van der Waals surface area contributed by atoms with Crippen molar-refractivity contribution in [3.05, 3.63) is 46.5 Å². The van der Waals surface area contributed by atoms with Crippen LogP contribution in [0.4, 0.5) is 0 Å². The molecule has 31 heavy (non-hydrogen) atoms. The van der Waals surface area contributed by atoms with Gasteiger partial charge in [0.05, 0.1) is 0 Å². The van der Waals surface area contributed by atoms with E-state index in [0.717, 1.165) is 22.3 Å². The van der Waals surface area contributed by atoms with Crippen molar-refractivity contribution in [1.29, 1.82) is 0 Å². The van der Waals surface area contributed by atoms with Crippen molar-refractivity contribution < 1.29 is 14.4 Å². The van der Waals surface area contributed by atoms with Crippen LogP contribution in [0.5, 0.6) is 0 Å². The van der Waals surface area contributed by atoms with Crippen molar-refractivity contribution >= 4 is 17.5 Å². The van der Waals surface area contributed by atoms with E-state index in [-0.39, 0.29) is 28.7 Å². The maximum atomic E-state index is 13.2. The van der Waals surface area contributed by atoms with Crippen LogP contribution in [0.2, 0.25) is 0 Å². The van der Waals surface area contributed by atoms with Gasteiger partial charge in [0.25, 0.3) is 5.91 Å². The maximum absolute atomic E-state index is 13.2. The predicted molar refractivity (Wildman–Crippen MR) is 114 cm³/mol. The highest BCUT2D eigenvalue weighted by atomic mass is 16.2. The summed E-state index contributed by atoms with van der Waals surface area (Å²) in [6, 6.07) is 3.91. The molecule has 0 atom stereocenters. The molecule has 1 aliphatic carbocycles. The lowest BCUT2D eigenvalue weighted by Crippen LogP contribution is -2.48. The predicted octanol–water partition coefficient (Wildman–Crippen LogP) is 2.73. The average Bonchev–Trinajstić information content (AvgIpc) is 3.25. The second-order valence-electron chi connectivity index (χ2n) is 8.73. The standard InChI is InChI=1S/C24H26N4O3/c1-4-5-17-10-15(2)20(16(3)11-17)21-18(29)12-24(13-19(21)30)6-8-28(9-7-24)23(31)22-25-14-26-27-22/h10-11,14,21H,6-9,12-13H2,1-3H3,(H,25,26,27). The zero-order chi connectivity index (χ0) is 22.2. The molecule has 1 saturated heterocycles. The van der Waals surface area contributed by atoms with Crippen molar-refractivity contribution in [2.45, 2.75) is 52.4 Å². The van der Waals surface area contributed by atoms with Crippen LogP contribution in [0.15, 0.2) is 18.5 Å². The molecule has 7 nitrogen and oxygen atoms in total. The molecule has 1 spiro atoms. The van der Waals surface area contributed by atoms with Crippen LogP contribution in [0, 0.1) is 31.1 Å². The van der Waals surface area contributed by atoms with Gasteiger partial charge in [-0.15, -0.1) is 11.0 Å². The van der Waals surface area contributed by atoms with E-state index in [1.54, 1.807) is 11.8 Å². The third kappa shape index (κ3) is 3.90. The number of aryl methyl sites for hydroxylation is 2. The molecule has 2 heterocycles. The first-order valence-electron chi connectivity index (χ1n) is 10.6. The van der Waals surface area contributed by atoms with E-state index in [4.69, 9.17) is 0 Å². The van der Waals surface area contributed by atoms with E-state index < -0.39 is 5.92 Å². The lowest BCUT2D eigenvalue weighted by Gasteiger charge is -2.44. The van der Waals surface area contributed by atoms with Gasteiger partial charge in [-0.05, 0) is 67.9 Å². The van der Waals surface area contributed by atoms with Crippen LogP contribution in [0.1, 0.15) is 71.4 Å². The van der Waals surface area contributed by atoms with Crippen LogP contribution in [-0.4, -0.2) is 50.6 Å². The van der Waals surface area contributed by atoms with Gasteiger partial charge in [-0.25, -0.2) is 4.98 Å². The largest absolute Gasteiger partial charge is 0.336 e. The van der Waals surface area contributed by atoms with E-state index in [1.165, 1.54) is 6.33 Å². The molecule has 1 saturated carbocycles. The number of aromatic amines is 1. The number of carbonyl (C=O) groups excluding carboxylic acids is 3. The summed E-state index contributed by atoms with van der Waals surface area (Å²) in [5.41, 5.74) is 3.26. The normalized spacial score (nSPS) is 18.7. The number of carbonyl (C=O) groups is 3. The van der Waals surface area contributed by atoms with E-state index in [1.807, 2.05) is 26.0 Å². The molecule has 1 aromatic heterocycles. The highest BCUT2D eigenvalue weighted by Crippen LogP contribution is 2.46. The summed E-state index contributed by atoms with van der Waals surface area (Å²) in [5.74, 6) is 5.16. The van der Waals surface area contributed by atoms with Gasteiger partial charge < -0.3 is 4.90 Å². The molecule has 4 rings (SSSR count). The Labute approximate surface area is 181 Å². The molecule has 0 unspecified atom stereocenters. The first kappa shape index (κ1) is 21.0. The number of nitrogens with one attached hydrogen (secondary N) is 1. The molecule has 2 aliphatic rings. The highest BCUT2D eigenvalue weighted by molar-refractivity contribution is 6.10. The smallest absolute Gasteiger partial charge is 0.293 e. The number of H-pyrrole nitrogens is 1. The molecular weight excluding hydrogens is 392 g/mol. The van der Waals surface area contributed by atoms with Crippen LogP contribution >= 0.6 is 0 Å². The maximum Gasteiger partial charge on any atom is 0.293 e. The Morgan fingerprint density at radius 1 is 1.13 bits per heavy atom. The quantitative estimate of drug-likeness (QED) is 0.598. The Kier molecular flexibility index (Phi) is 5.48. The fraction of sp³-hybridized carbons (Fsp3) is 0.458. The Morgan fingerprint density at radius 2 is 1.74 bits per heavy atom. The second-order valence-corrected chi connectivity index (χ2v) is 8.73. The zero-order valence-corrected chi connectivity index (χ0v) is 18.1. The van der Waals surface area contributed by atoms with Crippen molar-refractivity contribution in [2.24, 2.45) is 5.41 Å². The van der Waals surface area contributed by atoms with Gasteiger partial charge in [-0.2, -0.15) is 0 Å². The minimum Gasteiger partial charge on any atom is -0.336 e. The summed E-state index contributed by atoms with van der Waals surface area (Å²) >= 11 is 0. The highest BCUT2D eigenvalue weighted by Gasteiger charge is 2.48. The lowest BCUT2D eigenvalue weighted by atomic mass is 9.62. The summed E-state index contributed by atoms with van der Waals surface area (Å²) < 4.78 is 0. The minimum atomic E-state index is -0.692. The van der Waals surface area contributed by atoms with Gasteiger partial charge >= 0.3 is 0 Å². The Hall–Kier alpha value is -3.27. The van der Waals surface area contributed by atoms with Crippen molar-refractivity contribution in [2.75, 3.05) is 13.1 Å². The number of rotatable bonds is 2. The van der Waals surface area contributed by atoms with E-state index in [2.05, 4.69) is 27.0 Å². The number of hydrogen-bond donors (Lipinski definition) is 1. The summed E-state index contributed by atoms with van der Waals surface area (Å²) in [4.78, 5) is 44.6. The molecule has 2 fully saturated rings. The number of piperidine rings is 1. The lowest BCUT2D eigenvalue weighted by molar-refractivity contribution is -0.138. The molecule has 7 heteroatoms. The van der Waals surface area contributed by atoms with E-state index >= 15 is 0 Å². The van der Waals surface area contributed by atoms with Gasteiger partial charge in [0, 0.05) is 31.5 Å². The number of Topliss-reactive ketones (excluding diaryl/α,β-unsaturated/α-hetero) is 2. The van der Waals surface area contributed by atoms with Crippen LogP contribution < -0.4 is 0 Å². The van der Waals surface area contributed by atoms with E-state index in [0.29, 0.717) is 38.8 Å². The number of likely N-dealkylation sites (tertiary alicyclic amines) is 1.